The number of aryl methyl sites for hydroxylation is 2. The van der Waals surface area contributed by atoms with E-state index in [0.717, 1.165) is 21.3 Å². The number of thiazole rings is 1. The monoisotopic (exact) mass is 397 g/mol. The average molecular weight is 398 g/mol. The molecule has 3 aromatic rings. The normalized spacial score (nSPS) is 10.7. The summed E-state index contributed by atoms with van der Waals surface area (Å²) in [5.74, 6) is -0.177. The maximum absolute atomic E-state index is 12.3. The lowest BCUT2D eigenvalue weighted by molar-refractivity contribution is 0.0952. The Balaban J connectivity index is 1.66. The molecule has 0 aliphatic rings. The smallest absolute Gasteiger partial charge is 0.266 e. The minimum absolute atomic E-state index is 0.177. The molecule has 0 spiro atoms. The molecule has 0 atom stereocenters. The van der Waals surface area contributed by atoms with E-state index in [1.165, 1.54) is 10.7 Å². The number of carbonyl (C=O) groups is 1. The predicted octanol–water partition coefficient (Wildman–Crippen LogP) is 2.48. The molecule has 2 aromatic heterocycles. The van der Waals surface area contributed by atoms with Crippen LogP contribution < -0.4 is 15.8 Å². The fourth-order valence-corrected chi connectivity index (χ4v) is 3.67. The molecule has 0 bridgehead atoms. The predicted molar refractivity (Wildman–Crippen MR) is 112 cm³/mol. The molecular formula is C20H23N5O2S. The molecule has 8 heteroatoms. The first kappa shape index (κ1) is 19.8. The third-order valence-electron chi connectivity index (χ3n) is 4.26. The third kappa shape index (κ3) is 4.45. The van der Waals surface area contributed by atoms with E-state index in [1.54, 1.807) is 29.5 Å². The van der Waals surface area contributed by atoms with E-state index < -0.39 is 0 Å². The van der Waals surface area contributed by atoms with E-state index in [9.17, 15) is 9.59 Å². The van der Waals surface area contributed by atoms with Crippen LogP contribution in [0.15, 0.2) is 41.2 Å². The average Bonchev–Trinajstić information content (AvgIpc) is 3.01. The van der Waals surface area contributed by atoms with E-state index in [-0.39, 0.29) is 11.5 Å². The summed E-state index contributed by atoms with van der Waals surface area (Å²) < 4.78 is 1.37. The van der Waals surface area contributed by atoms with Crippen LogP contribution in [0.4, 0.5) is 5.69 Å². The summed E-state index contributed by atoms with van der Waals surface area (Å²) in [5.41, 5.74) is 3.02. The molecule has 0 saturated heterocycles. The number of hydrogen-bond acceptors (Lipinski definition) is 6. The van der Waals surface area contributed by atoms with Gasteiger partial charge in [0.05, 0.1) is 22.1 Å². The quantitative estimate of drug-likeness (QED) is 0.691. The second kappa shape index (κ2) is 8.35. The number of rotatable bonds is 6. The van der Waals surface area contributed by atoms with E-state index in [4.69, 9.17) is 0 Å². The molecule has 3 rings (SSSR count). The highest BCUT2D eigenvalue weighted by atomic mass is 32.1. The van der Waals surface area contributed by atoms with Gasteiger partial charge in [0.2, 0.25) is 0 Å². The summed E-state index contributed by atoms with van der Waals surface area (Å²) in [6.45, 7) is 4.48. The number of anilines is 1. The van der Waals surface area contributed by atoms with Crippen LogP contribution in [0.2, 0.25) is 0 Å². The number of nitrogens with one attached hydrogen (secondary N) is 1. The topological polar surface area (TPSA) is 80.1 Å². The molecular weight excluding hydrogens is 374 g/mol. The fourth-order valence-electron chi connectivity index (χ4n) is 2.79. The number of hydrogen-bond donors (Lipinski definition) is 1. The van der Waals surface area contributed by atoms with Crippen LogP contribution in [-0.4, -0.2) is 41.3 Å². The molecule has 2 heterocycles. The van der Waals surface area contributed by atoms with Crippen molar-refractivity contribution < 1.29 is 4.79 Å². The highest BCUT2D eigenvalue weighted by Crippen LogP contribution is 2.27. The van der Waals surface area contributed by atoms with Crippen molar-refractivity contribution in [2.24, 2.45) is 0 Å². The first-order valence-corrected chi connectivity index (χ1v) is 9.75. The summed E-state index contributed by atoms with van der Waals surface area (Å²) in [7, 11) is 3.89. The van der Waals surface area contributed by atoms with Crippen molar-refractivity contribution in [3.8, 4) is 10.6 Å². The zero-order valence-corrected chi connectivity index (χ0v) is 17.2. The van der Waals surface area contributed by atoms with Crippen molar-refractivity contribution in [3.05, 3.63) is 63.0 Å². The van der Waals surface area contributed by atoms with Crippen LogP contribution in [0.5, 0.6) is 0 Å². The van der Waals surface area contributed by atoms with Crippen molar-refractivity contribution >= 4 is 22.9 Å². The summed E-state index contributed by atoms with van der Waals surface area (Å²) in [6.07, 6.45) is 0. The molecule has 0 aliphatic carbocycles. The van der Waals surface area contributed by atoms with Gasteiger partial charge in [-0.15, -0.1) is 11.3 Å². The van der Waals surface area contributed by atoms with Crippen molar-refractivity contribution in [3.63, 3.8) is 0 Å². The van der Waals surface area contributed by atoms with Crippen molar-refractivity contribution in [2.75, 3.05) is 25.5 Å². The molecule has 1 N–H and O–H groups in total. The zero-order chi connectivity index (χ0) is 20.3. The Hall–Kier alpha value is -3.00. The minimum Gasteiger partial charge on any atom is -0.378 e. The molecule has 0 aliphatic heterocycles. The maximum Gasteiger partial charge on any atom is 0.266 e. The van der Waals surface area contributed by atoms with E-state index >= 15 is 0 Å². The van der Waals surface area contributed by atoms with Gasteiger partial charge in [0.15, 0.2) is 0 Å². The minimum atomic E-state index is -0.202. The van der Waals surface area contributed by atoms with Crippen molar-refractivity contribution in [1.29, 1.82) is 0 Å². The van der Waals surface area contributed by atoms with Gasteiger partial charge in [0.1, 0.15) is 5.69 Å². The summed E-state index contributed by atoms with van der Waals surface area (Å²) in [5, 5.41) is 8.23. The van der Waals surface area contributed by atoms with Crippen LogP contribution in [0.3, 0.4) is 0 Å². The SMILES string of the molecule is Cc1nc(C)c(-c2ccc(=O)n(CCNC(=O)c3ccc(N(C)C)cc3)n2)s1. The van der Waals surface area contributed by atoms with Gasteiger partial charge in [-0.1, -0.05) is 0 Å². The van der Waals surface area contributed by atoms with Crippen molar-refractivity contribution in [2.45, 2.75) is 20.4 Å². The first-order chi connectivity index (χ1) is 13.3. The highest BCUT2D eigenvalue weighted by Gasteiger charge is 2.11. The lowest BCUT2D eigenvalue weighted by atomic mass is 10.2. The Morgan fingerprint density at radius 2 is 1.86 bits per heavy atom. The second-order valence-electron chi connectivity index (χ2n) is 6.62. The van der Waals surface area contributed by atoms with Crippen LogP contribution in [0, 0.1) is 13.8 Å². The van der Waals surface area contributed by atoms with Gasteiger partial charge in [0.25, 0.3) is 11.5 Å². The lowest BCUT2D eigenvalue weighted by Gasteiger charge is -2.12. The molecule has 0 saturated carbocycles. The van der Waals surface area contributed by atoms with Gasteiger partial charge in [-0.2, -0.15) is 5.10 Å². The largest absolute Gasteiger partial charge is 0.378 e. The number of benzene rings is 1. The van der Waals surface area contributed by atoms with Gasteiger partial charge in [-0.25, -0.2) is 9.67 Å². The van der Waals surface area contributed by atoms with E-state index in [0.29, 0.717) is 24.3 Å². The number of amides is 1. The second-order valence-corrected chi connectivity index (χ2v) is 7.83. The Morgan fingerprint density at radius 1 is 1.14 bits per heavy atom. The molecule has 0 unspecified atom stereocenters. The lowest BCUT2D eigenvalue weighted by Crippen LogP contribution is -2.31. The number of aromatic nitrogens is 3. The zero-order valence-electron chi connectivity index (χ0n) is 16.4. The molecule has 0 radical (unpaired) electrons. The number of carbonyl (C=O) groups excluding carboxylic acids is 1. The molecule has 1 aromatic carbocycles. The summed E-state index contributed by atoms with van der Waals surface area (Å²) >= 11 is 1.55. The Morgan fingerprint density at radius 3 is 2.46 bits per heavy atom. The van der Waals surface area contributed by atoms with Crippen molar-refractivity contribution in [1.82, 2.24) is 20.1 Å². The third-order valence-corrected chi connectivity index (χ3v) is 5.35. The van der Waals surface area contributed by atoms with E-state index in [1.807, 2.05) is 45.0 Å². The van der Waals surface area contributed by atoms with Crippen LogP contribution >= 0.6 is 11.3 Å². The van der Waals surface area contributed by atoms with Gasteiger partial charge in [-0.05, 0) is 44.2 Å². The fraction of sp³-hybridized carbons (Fsp3) is 0.300. The molecule has 0 fully saturated rings. The van der Waals surface area contributed by atoms with Crippen LogP contribution in [0.1, 0.15) is 21.1 Å². The number of nitrogens with zero attached hydrogens (tertiary/aromatic N) is 4. The Kier molecular flexibility index (Phi) is 5.89. The highest BCUT2D eigenvalue weighted by molar-refractivity contribution is 7.15. The maximum atomic E-state index is 12.3. The molecule has 146 valence electrons. The summed E-state index contributed by atoms with van der Waals surface area (Å²) in [4.78, 5) is 31.7. The molecule has 7 nitrogen and oxygen atoms in total. The standard InChI is InChI=1S/C20H23N5O2S/c1-13-19(28-14(2)22-13)17-9-10-18(26)25(23-17)12-11-21-20(27)15-5-7-16(8-6-15)24(3)4/h5-10H,11-12H2,1-4H3,(H,21,27). The first-order valence-electron chi connectivity index (χ1n) is 8.93. The Labute approximate surface area is 167 Å². The van der Waals surface area contributed by atoms with Gasteiger partial charge in [-0.3, -0.25) is 9.59 Å². The molecule has 28 heavy (non-hydrogen) atoms. The van der Waals surface area contributed by atoms with Gasteiger partial charge >= 0.3 is 0 Å². The van der Waals surface area contributed by atoms with Crippen LogP contribution in [0.25, 0.3) is 10.6 Å². The van der Waals surface area contributed by atoms with E-state index in [2.05, 4.69) is 15.4 Å². The molecule has 1 amide bonds. The van der Waals surface area contributed by atoms with Crippen LogP contribution in [-0.2, 0) is 6.54 Å². The van der Waals surface area contributed by atoms with Gasteiger partial charge < -0.3 is 10.2 Å². The summed E-state index contributed by atoms with van der Waals surface area (Å²) in [6, 6.07) is 10.6. The van der Waals surface area contributed by atoms with Gasteiger partial charge in [0, 0.05) is 38.0 Å². The Bertz CT molecular complexity index is 1040.